The quantitative estimate of drug-likeness (QED) is 0.502. The van der Waals surface area contributed by atoms with Gasteiger partial charge in [0, 0.05) is 30.8 Å². The molecule has 2 aromatic carbocycles. The van der Waals surface area contributed by atoms with Crippen LogP contribution in [-0.4, -0.2) is 40.7 Å². The Morgan fingerprint density at radius 1 is 1.14 bits per heavy atom. The first-order valence-corrected chi connectivity index (χ1v) is 10.5. The summed E-state index contributed by atoms with van der Waals surface area (Å²) in [4.78, 5) is 7.31. The molecule has 1 aromatic heterocycles. The highest BCUT2D eigenvalue weighted by atomic mass is 16.5. The number of para-hydroxylation sites is 1. The van der Waals surface area contributed by atoms with Gasteiger partial charge in [0.15, 0.2) is 0 Å². The second-order valence-electron chi connectivity index (χ2n) is 7.59. The molecule has 3 aromatic rings. The van der Waals surface area contributed by atoms with Crippen LogP contribution in [0.2, 0.25) is 0 Å². The highest BCUT2D eigenvalue weighted by Crippen LogP contribution is 2.37. The molecule has 1 atom stereocenters. The van der Waals surface area contributed by atoms with Crippen molar-refractivity contribution in [2.24, 2.45) is 5.92 Å². The minimum Gasteiger partial charge on any atom is -0.493 e. The lowest BCUT2D eigenvalue weighted by molar-refractivity contribution is 0.340. The Labute approximate surface area is 173 Å². The van der Waals surface area contributed by atoms with E-state index in [0.29, 0.717) is 12.5 Å². The lowest BCUT2D eigenvalue weighted by atomic mass is 10.0. The average molecular weight is 388 g/mol. The van der Waals surface area contributed by atoms with E-state index in [4.69, 9.17) is 9.72 Å². The largest absolute Gasteiger partial charge is 0.493 e. The fourth-order valence-corrected chi connectivity index (χ4v) is 4.24. The molecule has 1 saturated heterocycles. The highest BCUT2D eigenvalue weighted by molar-refractivity contribution is 5.81. The van der Waals surface area contributed by atoms with E-state index < -0.39 is 0 Å². The van der Waals surface area contributed by atoms with Crippen molar-refractivity contribution < 1.29 is 4.74 Å². The van der Waals surface area contributed by atoms with Crippen molar-refractivity contribution in [1.29, 1.82) is 0 Å². The smallest absolute Gasteiger partial charge is 0.128 e. The summed E-state index contributed by atoms with van der Waals surface area (Å²) < 4.78 is 8.29. The van der Waals surface area contributed by atoms with Crippen molar-refractivity contribution in [3.63, 3.8) is 0 Å². The van der Waals surface area contributed by atoms with E-state index >= 15 is 0 Å². The fourth-order valence-electron chi connectivity index (χ4n) is 4.24. The summed E-state index contributed by atoms with van der Waals surface area (Å²) in [6, 6.07) is 18.7. The van der Waals surface area contributed by atoms with E-state index in [-0.39, 0.29) is 0 Å². The number of aromatic nitrogens is 2. The maximum absolute atomic E-state index is 5.97. The van der Waals surface area contributed by atoms with Gasteiger partial charge >= 0.3 is 0 Å². The molecular weight excluding hydrogens is 358 g/mol. The minimum absolute atomic E-state index is 0.616. The monoisotopic (exact) mass is 387 g/mol. The van der Waals surface area contributed by atoms with E-state index in [1.165, 1.54) is 6.42 Å². The van der Waals surface area contributed by atoms with Gasteiger partial charge in [0.2, 0.25) is 0 Å². The molecular formula is C25H29N3O. The molecule has 0 aliphatic carbocycles. The van der Waals surface area contributed by atoms with Crippen molar-refractivity contribution in [3.8, 4) is 28.3 Å². The normalized spacial score (nSPS) is 16.8. The number of benzene rings is 2. The van der Waals surface area contributed by atoms with Crippen LogP contribution < -0.4 is 4.74 Å². The van der Waals surface area contributed by atoms with Crippen LogP contribution in [0.25, 0.3) is 22.5 Å². The Morgan fingerprint density at radius 3 is 2.72 bits per heavy atom. The maximum atomic E-state index is 5.97. The molecule has 1 fully saturated rings. The number of rotatable bonds is 8. The Bertz CT molecular complexity index is 948. The molecule has 0 radical (unpaired) electrons. The van der Waals surface area contributed by atoms with E-state index in [2.05, 4.69) is 52.4 Å². The molecule has 0 bridgehead atoms. The number of likely N-dealkylation sites (tertiary alicyclic amines) is 1. The van der Waals surface area contributed by atoms with Crippen LogP contribution in [0.4, 0.5) is 0 Å². The van der Waals surface area contributed by atoms with Crippen LogP contribution in [0.1, 0.15) is 13.3 Å². The van der Waals surface area contributed by atoms with E-state index in [1.54, 1.807) is 0 Å². The molecule has 1 aliphatic heterocycles. The van der Waals surface area contributed by atoms with Gasteiger partial charge in [0.05, 0.1) is 24.3 Å². The van der Waals surface area contributed by atoms with Gasteiger partial charge < -0.3 is 9.30 Å². The van der Waals surface area contributed by atoms with Crippen molar-refractivity contribution >= 4 is 0 Å². The zero-order valence-corrected chi connectivity index (χ0v) is 17.1. The first-order chi connectivity index (χ1) is 14.3. The van der Waals surface area contributed by atoms with Gasteiger partial charge in [-0.25, -0.2) is 4.98 Å². The van der Waals surface area contributed by atoms with Gasteiger partial charge in [-0.1, -0.05) is 48.5 Å². The number of nitrogens with zero attached hydrogens (tertiary/aromatic N) is 3. The summed E-state index contributed by atoms with van der Waals surface area (Å²) in [6.45, 7) is 10.7. The summed E-state index contributed by atoms with van der Waals surface area (Å²) in [6.07, 6.45) is 5.20. The first kappa shape index (κ1) is 19.5. The van der Waals surface area contributed by atoms with Gasteiger partial charge in [-0.2, -0.15) is 0 Å². The molecule has 0 N–H and O–H groups in total. The summed E-state index contributed by atoms with van der Waals surface area (Å²) >= 11 is 0. The summed E-state index contributed by atoms with van der Waals surface area (Å²) in [5, 5.41) is 0. The predicted molar refractivity (Wildman–Crippen MR) is 119 cm³/mol. The second kappa shape index (κ2) is 9.10. The van der Waals surface area contributed by atoms with Gasteiger partial charge in [0.1, 0.15) is 5.75 Å². The molecule has 4 rings (SSSR count). The predicted octanol–water partition coefficient (Wildman–Crippen LogP) is 5.12. The van der Waals surface area contributed by atoms with Crippen molar-refractivity contribution in [2.75, 3.05) is 26.2 Å². The zero-order valence-electron chi connectivity index (χ0n) is 17.1. The molecule has 4 heteroatoms. The van der Waals surface area contributed by atoms with E-state index in [0.717, 1.165) is 54.4 Å². The molecule has 29 heavy (non-hydrogen) atoms. The third-order valence-electron chi connectivity index (χ3n) is 5.54. The lowest BCUT2D eigenvalue weighted by Gasteiger charge is -2.18. The molecule has 0 spiro atoms. The van der Waals surface area contributed by atoms with Crippen LogP contribution in [-0.2, 0) is 6.54 Å². The van der Waals surface area contributed by atoms with Gasteiger partial charge in [-0.15, -0.1) is 6.58 Å². The number of imidazole rings is 1. The second-order valence-corrected chi connectivity index (χ2v) is 7.59. The number of hydrogen-bond donors (Lipinski definition) is 0. The molecule has 0 saturated carbocycles. The van der Waals surface area contributed by atoms with Crippen molar-refractivity contribution in [2.45, 2.75) is 19.9 Å². The van der Waals surface area contributed by atoms with Crippen LogP contribution in [0.15, 0.2) is 73.6 Å². The third kappa shape index (κ3) is 4.28. The summed E-state index contributed by atoms with van der Waals surface area (Å²) in [5.41, 5.74) is 4.39. The minimum atomic E-state index is 0.616. The van der Waals surface area contributed by atoms with Gasteiger partial charge in [-0.3, -0.25) is 4.90 Å². The Balaban J connectivity index is 1.73. The SMILES string of the molecule is C=CCN1CC[C@@H](Cn2cnc(-c3ccccc3)c2-c2ccccc2OCC)C1. The summed E-state index contributed by atoms with van der Waals surface area (Å²) in [5.74, 6) is 1.53. The van der Waals surface area contributed by atoms with Crippen LogP contribution in [0, 0.1) is 5.92 Å². The lowest BCUT2D eigenvalue weighted by Crippen LogP contribution is -2.21. The maximum Gasteiger partial charge on any atom is 0.128 e. The van der Waals surface area contributed by atoms with Crippen molar-refractivity contribution in [3.05, 3.63) is 73.6 Å². The highest BCUT2D eigenvalue weighted by Gasteiger charge is 2.25. The van der Waals surface area contributed by atoms with E-state index in [1.807, 2.05) is 37.5 Å². The third-order valence-corrected chi connectivity index (χ3v) is 5.54. The van der Waals surface area contributed by atoms with Crippen molar-refractivity contribution in [1.82, 2.24) is 14.5 Å². The number of hydrogen-bond acceptors (Lipinski definition) is 3. The fraction of sp³-hybridized carbons (Fsp3) is 0.320. The standard InChI is InChI=1S/C25H29N3O/c1-3-15-27-16-14-20(17-27)18-28-19-26-24(21-10-6-5-7-11-21)25(28)22-12-8-9-13-23(22)29-4-2/h3,5-13,19-20H,1,4,14-18H2,2H3/t20-/m1/s1. The Hall–Kier alpha value is -2.85. The average Bonchev–Trinajstić information content (AvgIpc) is 3.37. The first-order valence-electron chi connectivity index (χ1n) is 10.5. The molecule has 1 aliphatic rings. The Kier molecular flexibility index (Phi) is 6.11. The van der Waals surface area contributed by atoms with Crippen LogP contribution in [0.5, 0.6) is 5.75 Å². The van der Waals surface area contributed by atoms with Gasteiger partial charge in [0.25, 0.3) is 0 Å². The molecule has 150 valence electrons. The molecule has 4 nitrogen and oxygen atoms in total. The van der Waals surface area contributed by atoms with Gasteiger partial charge in [-0.05, 0) is 37.9 Å². The van der Waals surface area contributed by atoms with Crippen LogP contribution in [0.3, 0.4) is 0 Å². The Morgan fingerprint density at radius 2 is 1.93 bits per heavy atom. The molecule has 0 unspecified atom stereocenters. The number of ether oxygens (including phenoxy) is 1. The topological polar surface area (TPSA) is 30.3 Å². The van der Waals surface area contributed by atoms with E-state index in [9.17, 15) is 0 Å². The van der Waals surface area contributed by atoms with Crippen LogP contribution >= 0.6 is 0 Å². The zero-order chi connectivity index (χ0) is 20.1. The summed E-state index contributed by atoms with van der Waals surface area (Å²) in [7, 11) is 0. The molecule has 2 heterocycles. The molecule has 0 amide bonds.